The quantitative estimate of drug-likeness (QED) is 0.808. The summed E-state index contributed by atoms with van der Waals surface area (Å²) in [5.74, 6) is -0.717. The fourth-order valence-corrected chi connectivity index (χ4v) is 1.48. The molecule has 1 aromatic rings. The first kappa shape index (κ1) is 14.6. The molecule has 0 bridgehead atoms. The maximum absolute atomic E-state index is 13.3. The number of nitrogens with zero attached hydrogens (tertiary/aromatic N) is 1. The van der Waals surface area contributed by atoms with E-state index < -0.39 is 5.82 Å². The normalized spacial score (nSPS) is 12.5. The van der Waals surface area contributed by atoms with Crippen molar-refractivity contribution in [2.75, 3.05) is 25.5 Å². The van der Waals surface area contributed by atoms with Crippen LogP contribution in [-0.2, 0) is 4.79 Å². The van der Waals surface area contributed by atoms with Gasteiger partial charge < -0.3 is 10.4 Å². The van der Waals surface area contributed by atoms with E-state index in [-0.39, 0.29) is 24.2 Å². The minimum atomic E-state index is -0.447. The predicted molar refractivity (Wildman–Crippen MR) is 68.8 cm³/mol. The Morgan fingerprint density at radius 2 is 2.17 bits per heavy atom. The van der Waals surface area contributed by atoms with Crippen molar-refractivity contribution in [3.05, 3.63) is 30.1 Å². The highest BCUT2D eigenvalue weighted by Gasteiger charge is 2.09. The molecule has 1 unspecified atom stereocenters. The Morgan fingerprint density at radius 1 is 1.50 bits per heavy atom. The lowest BCUT2D eigenvalue weighted by atomic mass is 10.2. The number of aliphatic hydroxyl groups excluding tert-OH is 1. The second kappa shape index (κ2) is 7.08. The van der Waals surface area contributed by atoms with Crippen LogP contribution < -0.4 is 5.32 Å². The van der Waals surface area contributed by atoms with E-state index in [1.54, 1.807) is 31.0 Å². The van der Waals surface area contributed by atoms with Gasteiger partial charge in [-0.2, -0.15) is 0 Å². The fourth-order valence-electron chi connectivity index (χ4n) is 1.48. The van der Waals surface area contributed by atoms with Crippen LogP contribution in [0.1, 0.15) is 13.3 Å². The number of halogens is 1. The molecule has 1 aromatic carbocycles. The lowest BCUT2D eigenvalue weighted by molar-refractivity contribution is -0.117. The number of amides is 1. The standard InChI is InChI=1S/C13H19FN2O2/c1-10(17)7-8-16(2)9-13(18)15-12-6-4-3-5-11(12)14/h3-6,10,17H,7-9H2,1-2H3,(H,15,18). The molecule has 0 saturated heterocycles. The number of anilines is 1. The van der Waals surface area contributed by atoms with Crippen molar-refractivity contribution in [2.24, 2.45) is 0 Å². The first-order chi connectivity index (χ1) is 8.49. The molecule has 2 N–H and O–H groups in total. The van der Waals surface area contributed by atoms with Crippen LogP contribution in [0.3, 0.4) is 0 Å². The first-order valence-electron chi connectivity index (χ1n) is 5.90. The summed E-state index contributed by atoms with van der Waals surface area (Å²) in [6.45, 7) is 2.48. The maximum Gasteiger partial charge on any atom is 0.238 e. The van der Waals surface area contributed by atoms with E-state index in [0.29, 0.717) is 13.0 Å². The minimum Gasteiger partial charge on any atom is -0.393 e. The summed E-state index contributed by atoms with van der Waals surface area (Å²) >= 11 is 0. The molecule has 4 nitrogen and oxygen atoms in total. The second-order valence-electron chi connectivity index (χ2n) is 4.40. The Bertz CT molecular complexity index is 396. The molecule has 1 rings (SSSR count). The summed E-state index contributed by atoms with van der Waals surface area (Å²) < 4.78 is 13.3. The third-order valence-corrected chi connectivity index (χ3v) is 2.49. The lowest BCUT2D eigenvalue weighted by Crippen LogP contribution is -2.32. The molecule has 0 aliphatic rings. The summed E-state index contributed by atoms with van der Waals surface area (Å²) in [6, 6.07) is 6.05. The van der Waals surface area contributed by atoms with Gasteiger partial charge in [-0.3, -0.25) is 9.69 Å². The molecule has 0 aliphatic carbocycles. The molecule has 100 valence electrons. The van der Waals surface area contributed by atoms with E-state index in [9.17, 15) is 9.18 Å². The zero-order valence-electron chi connectivity index (χ0n) is 10.7. The molecule has 0 aliphatic heterocycles. The van der Waals surface area contributed by atoms with E-state index in [1.165, 1.54) is 12.1 Å². The van der Waals surface area contributed by atoms with E-state index in [2.05, 4.69) is 5.32 Å². The number of carbonyl (C=O) groups is 1. The molecular weight excluding hydrogens is 235 g/mol. The third kappa shape index (κ3) is 5.25. The molecule has 18 heavy (non-hydrogen) atoms. The second-order valence-corrected chi connectivity index (χ2v) is 4.40. The largest absolute Gasteiger partial charge is 0.393 e. The summed E-state index contributed by atoms with van der Waals surface area (Å²) in [4.78, 5) is 13.4. The summed E-state index contributed by atoms with van der Waals surface area (Å²) in [7, 11) is 1.78. The van der Waals surface area contributed by atoms with Crippen LogP contribution in [0, 0.1) is 5.82 Å². The molecule has 0 aromatic heterocycles. The van der Waals surface area contributed by atoms with Crippen molar-refractivity contribution in [1.29, 1.82) is 0 Å². The molecule has 1 atom stereocenters. The monoisotopic (exact) mass is 254 g/mol. The van der Waals surface area contributed by atoms with Crippen LogP contribution in [0.4, 0.5) is 10.1 Å². The van der Waals surface area contributed by atoms with Crippen LogP contribution in [0.15, 0.2) is 24.3 Å². The van der Waals surface area contributed by atoms with Gasteiger partial charge in [0.2, 0.25) is 5.91 Å². The number of hydrogen-bond donors (Lipinski definition) is 2. The third-order valence-electron chi connectivity index (χ3n) is 2.49. The van der Waals surface area contributed by atoms with Crippen LogP contribution >= 0.6 is 0 Å². The number of hydrogen-bond acceptors (Lipinski definition) is 3. The van der Waals surface area contributed by atoms with Gasteiger partial charge in [0.1, 0.15) is 5.82 Å². The van der Waals surface area contributed by atoms with Crippen LogP contribution in [0.25, 0.3) is 0 Å². The SMILES string of the molecule is CC(O)CCN(C)CC(=O)Nc1ccccc1F. The average Bonchev–Trinajstić information content (AvgIpc) is 2.29. The highest BCUT2D eigenvalue weighted by molar-refractivity contribution is 5.92. The van der Waals surface area contributed by atoms with Crippen LogP contribution in [-0.4, -0.2) is 42.2 Å². The summed E-state index contributed by atoms with van der Waals surface area (Å²) in [5.41, 5.74) is 0.187. The number of nitrogens with one attached hydrogen (secondary N) is 1. The molecule has 0 spiro atoms. The lowest BCUT2D eigenvalue weighted by Gasteiger charge is -2.17. The van der Waals surface area contributed by atoms with Crippen molar-refractivity contribution in [1.82, 2.24) is 4.90 Å². The van der Waals surface area contributed by atoms with Gasteiger partial charge in [0.25, 0.3) is 0 Å². The number of rotatable bonds is 6. The van der Waals surface area contributed by atoms with Crippen molar-refractivity contribution < 1.29 is 14.3 Å². The highest BCUT2D eigenvalue weighted by Crippen LogP contribution is 2.12. The zero-order valence-corrected chi connectivity index (χ0v) is 10.7. The number of benzene rings is 1. The molecule has 1 amide bonds. The Kier molecular flexibility index (Phi) is 5.74. The minimum absolute atomic E-state index is 0.168. The number of para-hydroxylation sites is 1. The predicted octanol–water partition coefficient (Wildman–Crippen LogP) is 1.47. The zero-order chi connectivity index (χ0) is 13.5. The van der Waals surface area contributed by atoms with Crippen LogP contribution in [0.5, 0.6) is 0 Å². The van der Waals surface area contributed by atoms with E-state index in [1.807, 2.05) is 0 Å². The van der Waals surface area contributed by atoms with Gasteiger partial charge >= 0.3 is 0 Å². The van der Waals surface area contributed by atoms with E-state index in [0.717, 1.165) is 0 Å². The maximum atomic E-state index is 13.3. The molecule has 0 radical (unpaired) electrons. The Morgan fingerprint density at radius 3 is 2.78 bits per heavy atom. The number of carbonyl (C=O) groups excluding carboxylic acids is 1. The van der Waals surface area contributed by atoms with Crippen molar-refractivity contribution in [2.45, 2.75) is 19.4 Å². The van der Waals surface area contributed by atoms with Gasteiger partial charge in [0, 0.05) is 6.54 Å². The van der Waals surface area contributed by atoms with Crippen molar-refractivity contribution in [3.8, 4) is 0 Å². The van der Waals surface area contributed by atoms with Gasteiger partial charge in [0.15, 0.2) is 0 Å². The fraction of sp³-hybridized carbons (Fsp3) is 0.462. The van der Waals surface area contributed by atoms with E-state index in [4.69, 9.17) is 5.11 Å². The Hall–Kier alpha value is -1.46. The van der Waals surface area contributed by atoms with Gasteiger partial charge in [-0.25, -0.2) is 4.39 Å². The Balaban J connectivity index is 2.40. The number of likely N-dealkylation sites (N-methyl/N-ethyl adjacent to an activating group) is 1. The van der Waals surface area contributed by atoms with Crippen molar-refractivity contribution >= 4 is 11.6 Å². The van der Waals surface area contributed by atoms with E-state index >= 15 is 0 Å². The molecule has 5 heteroatoms. The molecule has 0 fully saturated rings. The highest BCUT2D eigenvalue weighted by atomic mass is 19.1. The number of aliphatic hydroxyl groups is 1. The molecular formula is C13H19FN2O2. The molecule has 0 heterocycles. The average molecular weight is 254 g/mol. The summed E-state index contributed by atoms with van der Waals surface area (Å²) in [5, 5.41) is 11.6. The van der Waals surface area contributed by atoms with Gasteiger partial charge in [-0.15, -0.1) is 0 Å². The summed E-state index contributed by atoms with van der Waals surface area (Å²) in [6.07, 6.45) is 0.214. The van der Waals surface area contributed by atoms with Gasteiger partial charge in [0.05, 0.1) is 18.3 Å². The van der Waals surface area contributed by atoms with Crippen molar-refractivity contribution in [3.63, 3.8) is 0 Å². The smallest absolute Gasteiger partial charge is 0.238 e. The van der Waals surface area contributed by atoms with Gasteiger partial charge in [-0.05, 0) is 32.5 Å². The van der Waals surface area contributed by atoms with Gasteiger partial charge in [-0.1, -0.05) is 12.1 Å². The molecule has 0 saturated carbocycles. The topological polar surface area (TPSA) is 52.6 Å². The first-order valence-corrected chi connectivity index (χ1v) is 5.90. The van der Waals surface area contributed by atoms with Crippen LogP contribution in [0.2, 0.25) is 0 Å². The Labute approximate surface area is 106 Å².